The second-order valence-electron chi connectivity index (χ2n) is 3.45. The Morgan fingerprint density at radius 1 is 1.26 bits per heavy atom. The number of hydrogen-bond acceptors (Lipinski definition) is 5. The van der Waals surface area contributed by atoms with E-state index in [-0.39, 0.29) is 5.75 Å². The third-order valence-electron chi connectivity index (χ3n) is 2.12. The number of carbonyl (C=O) groups excluding carboxylic acids is 1. The van der Waals surface area contributed by atoms with Crippen molar-refractivity contribution in [1.82, 2.24) is 9.55 Å². The highest BCUT2D eigenvalue weighted by atomic mass is 19.1. The molecule has 1 aromatic carbocycles. The minimum absolute atomic E-state index is 0.00414. The monoisotopic (exact) mass is 267 g/mol. The van der Waals surface area contributed by atoms with Gasteiger partial charge < -0.3 is 10.5 Å². The van der Waals surface area contributed by atoms with Crippen molar-refractivity contribution in [1.29, 1.82) is 0 Å². The molecular formula is C11H7F2N3O3. The van der Waals surface area contributed by atoms with Crippen LogP contribution in [0, 0.1) is 11.6 Å². The largest absolute Gasteiger partial charge is 0.427 e. The number of rotatable bonds is 1. The smallest absolute Gasteiger partial charge is 0.410 e. The zero-order valence-electron chi connectivity index (χ0n) is 9.34. The van der Waals surface area contributed by atoms with E-state index < -0.39 is 29.2 Å². The van der Waals surface area contributed by atoms with Crippen molar-refractivity contribution in [3.63, 3.8) is 0 Å². The molecule has 19 heavy (non-hydrogen) atoms. The summed E-state index contributed by atoms with van der Waals surface area (Å²) in [6, 6.07) is 4.49. The molecule has 0 atom stereocenters. The van der Waals surface area contributed by atoms with E-state index in [9.17, 15) is 18.4 Å². The van der Waals surface area contributed by atoms with Gasteiger partial charge in [0.25, 0.3) is 0 Å². The Labute approximate surface area is 105 Å². The number of nitrogen functional groups attached to an aromatic ring is 1. The maximum absolute atomic E-state index is 13.1. The number of carbonyl (C=O) groups is 1. The molecule has 98 valence electrons. The van der Waals surface area contributed by atoms with E-state index >= 15 is 0 Å². The number of anilines is 1. The Bertz CT molecular complexity index is 683. The van der Waals surface area contributed by atoms with Crippen molar-refractivity contribution in [3.8, 4) is 5.75 Å². The highest BCUT2D eigenvalue weighted by Gasteiger charge is 2.14. The summed E-state index contributed by atoms with van der Waals surface area (Å²) in [4.78, 5) is 26.0. The molecule has 0 saturated carbocycles. The second kappa shape index (κ2) is 4.84. The molecule has 0 saturated heterocycles. The maximum Gasteiger partial charge on any atom is 0.427 e. The van der Waals surface area contributed by atoms with Crippen molar-refractivity contribution in [2.45, 2.75) is 0 Å². The second-order valence-corrected chi connectivity index (χ2v) is 3.45. The van der Waals surface area contributed by atoms with Crippen molar-refractivity contribution in [2.75, 3.05) is 5.73 Å². The zero-order chi connectivity index (χ0) is 14.0. The molecule has 6 nitrogen and oxygen atoms in total. The highest BCUT2D eigenvalue weighted by Crippen LogP contribution is 2.12. The van der Waals surface area contributed by atoms with Crippen LogP contribution in [0.15, 0.2) is 35.3 Å². The molecule has 8 heteroatoms. The SMILES string of the molecule is Nc1nc(=O)n(C(=O)Oc2ccc(F)cc2)cc1F. The third-order valence-corrected chi connectivity index (χ3v) is 2.12. The number of benzene rings is 1. The first-order valence-electron chi connectivity index (χ1n) is 5.00. The van der Waals surface area contributed by atoms with Gasteiger partial charge >= 0.3 is 11.8 Å². The van der Waals surface area contributed by atoms with Gasteiger partial charge in [0.15, 0.2) is 11.6 Å². The number of hydrogen-bond donors (Lipinski definition) is 1. The highest BCUT2D eigenvalue weighted by molar-refractivity contribution is 5.73. The van der Waals surface area contributed by atoms with Gasteiger partial charge in [0.05, 0.1) is 6.20 Å². The van der Waals surface area contributed by atoms with Gasteiger partial charge in [-0.2, -0.15) is 9.55 Å². The summed E-state index contributed by atoms with van der Waals surface area (Å²) in [5, 5.41) is 0. The average molecular weight is 267 g/mol. The van der Waals surface area contributed by atoms with Crippen molar-refractivity contribution >= 4 is 11.9 Å². The van der Waals surface area contributed by atoms with Crippen molar-refractivity contribution in [2.24, 2.45) is 0 Å². The summed E-state index contributed by atoms with van der Waals surface area (Å²) in [6.07, 6.45) is -0.612. The molecule has 0 aliphatic carbocycles. The summed E-state index contributed by atoms with van der Waals surface area (Å²) in [7, 11) is 0. The van der Waals surface area contributed by atoms with Gasteiger partial charge in [-0.15, -0.1) is 0 Å². The van der Waals surface area contributed by atoms with E-state index in [1.165, 1.54) is 12.1 Å². The molecule has 0 amide bonds. The first-order valence-corrected chi connectivity index (χ1v) is 5.00. The van der Waals surface area contributed by atoms with Crippen molar-refractivity contribution in [3.05, 3.63) is 52.6 Å². The molecular weight excluding hydrogens is 260 g/mol. The summed E-state index contributed by atoms with van der Waals surface area (Å²) in [5.41, 5.74) is 3.99. The molecule has 0 radical (unpaired) electrons. The maximum atomic E-state index is 13.1. The minimum atomic E-state index is -1.18. The molecule has 0 unspecified atom stereocenters. The van der Waals surface area contributed by atoms with Gasteiger partial charge in [0.2, 0.25) is 0 Å². The van der Waals surface area contributed by atoms with Crippen LogP contribution >= 0.6 is 0 Å². The van der Waals surface area contributed by atoms with Gasteiger partial charge in [-0.25, -0.2) is 18.4 Å². The molecule has 1 heterocycles. The van der Waals surface area contributed by atoms with E-state index in [1.807, 2.05) is 0 Å². The summed E-state index contributed by atoms with van der Waals surface area (Å²) < 4.78 is 30.8. The number of aromatic nitrogens is 2. The van der Waals surface area contributed by atoms with Gasteiger partial charge in [-0.05, 0) is 24.3 Å². The van der Waals surface area contributed by atoms with Gasteiger partial charge in [-0.3, -0.25) is 0 Å². The lowest BCUT2D eigenvalue weighted by Gasteiger charge is -2.06. The molecule has 0 aliphatic heterocycles. The first-order chi connectivity index (χ1) is 8.97. The number of nitrogens with zero attached hydrogens (tertiary/aromatic N) is 2. The van der Waals surface area contributed by atoms with Crippen molar-refractivity contribution < 1.29 is 18.3 Å². The summed E-state index contributed by atoms with van der Waals surface area (Å²) in [6.45, 7) is 0. The number of halogens is 2. The Morgan fingerprint density at radius 3 is 2.53 bits per heavy atom. The van der Waals surface area contributed by atoms with Crippen LogP contribution in [0.25, 0.3) is 0 Å². The summed E-state index contributed by atoms with van der Waals surface area (Å²) >= 11 is 0. The molecule has 2 aromatic rings. The normalized spacial score (nSPS) is 10.2. The van der Waals surface area contributed by atoms with Crippen LogP contribution < -0.4 is 16.2 Å². The van der Waals surface area contributed by atoms with Gasteiger partial charge in [0.1, 0.15) is 11.6 Å². The van der Waals surface area contributed by atoms with Crippen LogP contribution in [0.5, 0.6) is 5.75 Å². The van der Waals surface area contributed by atoms with Crippen LogP contribution in [0.4, 0.5) is 19.4 Å². The number of nitrogens with two attached hydrogens (primary N) is 1. The van der Waals surface area contributed by atoms with E-state index in [1.54, 1.807) is 0 Å². The van der Waals surface area contributed by atoms with Gasteiger partial charge in [-0.1, -0.05) is 0 Å². The standard InChI is InChI=1S/C11H7F2N3O3/c12-6-1-3-7(4-2-6)19-11(18)16-5-8(13)9(14)15-10(16)17/h1-5H,(H2,14,15,17). The fraction of sp³-hybridized carbons (Fsp3) is 0. The molecule has 1 aromatic heterocycles. The van der Waals surface area contributed by atoms with Crippen LogP contribution in [0.2, 0.25) is 0 Å². The van der Waals surface area contributed by atoms with Crippen LogP contribution in [0.3, 0.4) is 0 Å². The Balaban J connectivity index is 2.28. The quantitative estimate of drug-likeness (QED) is 0.837. The first kappa shape index (κ1) is 12.7. The van der Waals surface area contributed by atoms with Gasteiger partial charge in [0, 0.05) is 0 Å². The Hall–Kier alpha value is -2.77. The number of ether oxygens (including phenoxy) is 1. The lowest BCUT2D eigenvalue weighted by atomic mass is 10.3. The van der Waals surface area contributed by atoms with E-state index in [2.05, 4.69) is 4.98 Å². The molecule has 0 bridgehead atoms. The van der Waals surface area contributed by atoms with Crippen LogP contribution in [-0.4, -0.2) is 15.6 Å². The summed E-state index contributed by atoms with van der Waals surface area (Å²) in [5.74, 6) is -2.17. The predicted octanol–water partition coefficient (Wildman–Crippen LogP) is 1.15. The van der Waals surface area contributed by atoms with Crippen LogP contribution in [-0.2, 0) is 0 Å². The minimum Gasteiger partial charge on any atom is -0.410 e. The molecule has 0 aliphatic rings. The molecule has 0 fully saturated rings. The third kappa shape index (κ3) is 2.73. The van der Waals surface area contributed by atoms with E-state index in [4.69, 9.17) is 10.5 Å². The van der Waals surface area contributed by atoms with E-state index in [0.29, 0.717) is 10.8 Å². The molecule has 2 N–H and O–H groups in total. The Morgan fingerprint density at radius 2 is 1.89 bits per heavy atom. The van der Waals surface area contributed by atoms with Crippen LogP contribution in [0.1, 0.15) is 0 Å². The van der Waals surface area contributed by atoms with E-state index in [0.717, 1.165) is 12.1 Å². The molecule has 0 spiro atoms. The zero-order valence-corrected chi connectivity index (χ0v) is 9.34. The molecule has 2 rings (SSSR count). The average Bonchev–Trinajstić information content (AvgIpc) is 2.36. The fourth-order valence-corrected chi connectivity index (χ4v) is 1.23. The predicted molar refractivity (Wildman–Crippen MR) is 60.7 cm³/mol. The Kier molecular flexibility index (Phi) is 3.23. The lowest BCUT2D eigenvalue weighted by molar-refractivity contribution is 0.200. The fourth-order valence-electron chi connectivity index (χ4n) is 1.23. The topological polar surface area (TPSA) is 87.2 Å². The lowest BCUT2D eigenvalue weighted by Crippen LogP contribution is -2.32.